The number of hydrogen-bond donors (Lipinski definition) is 2. The Balaban J connectivity index is 2.47. The van der Waals surface area contributed by atoms with Gasteiger partial charge in [-0.05, 0) is 42.3 Å². The maximum absolute atomic E-state index is 13.7. The second-order valence-electron chi connectivity index (χ2n) is 5.37. The van der Waals surface area contributed by atoms with E-state index >= 15 is 0 Å². The van der Waals surface area contributed by atoms with Gasteiger partial charge >= 0.3 is 0 Å². The fourth-order valence-corrected chi connectivity index (χ4v) is 2.79. The van der Waals surface area contributed by atoms with Gasteiger partial charge in [0.2, 0.25) is 0 Å². The number of benzene rings is 2. The molecule has 0 aromatic heterocycles. The zero-order valence-electron chi connectivity index (χ0n) is 11.9. The first-order chi connectivity index (χ1) is 10.3. The summed E-state index contributed by atoms with van der Waals surface area (Å²) in [7, 11) is 0. The van der Waals surface area contributed by atoms with Gasteiger partial charge in [0.1, 0.15) is 11.6 Å². The molecule has 0 saturated heterocycles. The Bertz CT molecular complexity index is 690. The molecule has 0 radical (unpaired) electrons. The molecule has 0 heterocycles. The van der Waals surface area contributed by atoms with Crippen LogP contribution in [0.25, 0.3) is 0 Å². The summed E-state index contributed by atoms with van der Waals surface area (Å²) in [5, 5.41) is 0.00954. The monoisotopic (exact) mass is 344 g/mol. The minimum atomic E-state index is -0.952. The summed E-state index contributed by atoms with van der Waals surface area (Å²) in [6.45, 7) is 1.93. The molecule has 0 spiro atoms. The van der Waals surface area contributed by atoms with Crippen LogP contribution in [0.1, 0.15) is 24.0 Å². The zero-order chi connectivity index (χ0) is 16.5. The lowest BCUT2D eigenvalue weighted by molar-refractivity contribution is 0.392. The number of nitrogens with two attached hydrogens (primary N) is 2. The van der Waals surface area contributed by atoms with E-state index in [0.29, 0.717) is 11.1 Å². The molecule has 4 N–H and O–H groups in total. The van der Waals surface area contributed by atoms with Gasteiger partial charge in [-0.2, -0.15) is 0 Å². The molecule has 2 aromatic rings. The third-order valence-electron chi connectivity index (χ3n) is 3.85. The van der Waals surface area contributed by atoms with Crippen LogP contribution in [-0.2, 0) is 5.54 Å². The summed E-state index contributed by atoms with van der Waals surface area (Å²) in [4.78, 5) is 0. The van der Waals surface area contributed by atoms with E-state index in [-0.39, 0.29) is 22.5 Å². The molecule has 22 heavy (non-hydrogen) atoms. The molecule has 0 saturated carbocycles. The Morgan fingerprint density at radius 1 is 1.05 bits per heavy atom. The van der Waals surface area contributed by atoms with E-state index in [1.165, 1.54) is 24.3 Å². The van der Waals surface area contributed by atoms with Gasteiger partial charge < -0.3 is 11.5 Å². The fourth-order valence-electron chi connectivity index (χ4n) is 2.49. The first-order valence-electron chi connectivity index (χ1n) is 6.66. The minimum Gasteiger partial charge on any atom is -0.330 e. The molecule has 0 bridgehead atoms. The van der Waals surface area contributed by atoms with Crippen LogP contribution < -0.4 is 11.5 Å². The van der Waals surface area contributed by atoms with Gasteiger partial charge in [-0.3, -0.25) is 0 Å². The highest BCUT2D eigenvalue weighted by Gasteiger charge is 2.33. The van der Waals surface area contributed by atoms with Crippen molar-refractivity contribution in [2.24, 2.45) is 11.5 Å². The van der Waals surface area contributed by atoms with Crippen LogP contribution in [-0.4, -0.2) is 6.54 Å². The van der Waals surface area contributed by atoms with Crippen molar-refractivity contribution in [3.8, 4) is 0 Å². The third kappa shape index (κ3) is 3.25. The first-order valence-corrected chi connectivity index (χ1v) is 7.42. The van der Waals surface area contributed by atoms with Crippen LogP contribution in [0.2, 0.25) is 10.0 Å². The van der Waals surface area contributed by atoms with E-state index in [2.05, 4.69) is 0 Å². The van der Waals surface area contributed by atoms with E-state index in [0.717, 1.165) is 0 Å². The number of hydrogen-bond acceptors (Lipinski definition) is 2. The van der Waals surface area contributed by atoms with Crippen LogP contribution in [0, 0.1) is 11.6 Å². The van der Waals surface area contributed by atoms with Gasteiger partial charge in [0, 0.05) is 18.0 Å². The Morgan fingerprint density at radius 3 is 2.27 bits per heavy atom. The molecule has 6 heteroatoms. The van der Waals surface area contributed by atoms with Gasteiger partial charge in [-0.15, -0.1) is 0 Å². The van der Waals surface area contributed by atoms with Gasteiger partial charge in [0.15, 0.2) is 0 Å². The smallest absolute Gasteiger partial charge is 0.142 e. The second-order valence-corrected chi connectivity index (χ2v) is 6.19. The normalized spacial score (nSPS) is 15.4. The Hall–Kier alpha value is -1.20. The lowest BCUT2D eigenvalue weighted by Crippen LogP contribution is -2.43. The maximum atomic E-state index is 13.7. The summed E-state index contributed by atoms with van der Waals surface area (Å²) in [6, 6.07) is 8.72. The maximum Gasteiger partial charge on any atom is 0.142 e. The lowest BCUT2D eigenvalue weighted by atomic mass is 9.76. The van der Waals surface area contributed by atoms with Crippen LogP contribution in [0.3, 0.4) is 0 Å². The topological polar surface area (TPSA) is 52.0 Å². The lowest BCUT2D eigenvalue weighted by Gasteiger charge is -2.34. The fraction of sp³-hybridized carbons (Fsp3) is 0.250. The Morgan fingerprint density at radius 2 is 1.73 bits per heavy atom. The second kappa shape index (κ2) is 6.50. The van der Waals surface area contributed by atoms with Gasteiger partial charge in [-0.1, -0.05) is 35.3 Å². The molecular weight excluding hydrogens is 329 g/mol. The van der Waals surface area contributed by atoms with Crippen LogP contribution >= 0.6 is 23.2 Å². The predicted molar refractivity (Wildman–Crippen MR) is 86.2 cm³/mol. The Labute approximate surface area is 138 Å². The van der Waals surface area contributed by atoms with Gasteiger partial charge in [-0.25, -0.2) is 8.78 Å². The van der Waals surface area contributed by atoms with E-state index < -0.39 is 17.2 Å². The van der Waals surface area contributed by atoms with Gasteiger partial charge in [0.25, 0.3) is 0 Å². The van der Waals surface area contributed by atoms with Gasteiger partial charge in [0.05, 0.1) is 10.0 Å². The molecule has 2 aromatic carbocycles. The van der Waals surface area contributed by atoms with Crippen molar-refractivity contribution in [1.29, 1.82) is 0 Å². The molecule has 2 rings (SSSR count). The van der Waals surface area contributed by atoms with Crippen LogP contribution in [0.4, 0.5) is 8.78 Å². The van der Waals surface area contributed by atoms with Crippen molar-refractivity contribution in [3.05, 3.63) is 69.2 Å². The summed E-state index contributed by atoms with van der Waals surface area (Å²) < 4.78 is 27.0. The first kappa shape index (κ1) is 17.2. The average molecular weight is 345 g/mol. The minimum absolute atomic E-state index is 0.0211. The zero-order valence-corrected chi connectivity index (χ0v) is 13.4. The van der Waals surface area contributed by atoms with E-state index in [4.69, 9.17) is 34.7 Å². The molecule has 0 fully saturated rings. The number of halogens is 4. The van der Waals surface area contributed by atoms with Crippen molar-refractivity contribution in [3.63, 3.8) is 0 Å². The van der Waals surface area contributed by atoms with Crippen molar-refractivity contribution < 1.29 is 8.78 Å². The number of rotatable bonds is 4. The van der Waals surface area contributed by atoms with Crippen LogP contribution in [0.15, 0.2) is 36.4 Å². The molecule has 0 aliphatic carbocycles. The Kier molecular flexibility index (Phi) is 5.07. The molecule has 0 aliphatic heterocycles. The van der Waals surface area contributed by atoms with E-state index in [1.54, 1.807) is 19.1 Å². The summed E-state index contributed by atoms with van der Waals surface area (Å²) in [5.74, 6) is -1.45. The summed E-state index contributed by atoms with van der Waals surface area (Å²) >= 11 is 11.5. The highest BCUT2D eigenvalue weighted by Crippen LogP contribution is 2.36. The standard InChI is InChI=1S/C16H16Cl2F2N2/c1-16(22,10-3-5-14(19)13(18)7-10)11(8-21)9-2-4-12(17)15(20)6-9/h2-7,11H,8,21-22H2,1H3. The molecule has 0 aliphatic rings. The third-order valence-corrected chi connectivity index (χ3v) is 4.44. The van der Waals surface area contributed by atoms with Crippen molar-refractivity contribution in [2.75, 3.05) is 6.54 Å². The largest absolute Gasteiger partial charge is 0.330 e. The summed E-state index contributed by atoms with van der Waals surface area (Å²) in [5.41, 5.74) is 12.5. The van der Waals surface area contributed by atoms with Crippen molar-refractivity contribution in [2.45, 2.75) is 18.4 Å². The molecule has 2 unspecified atom stereocenters. The SMILES string of the molecule is CC(N)(c1ccc(F)c(Cl)c1)C(CN)c1ccc(Cl)c(F)c1. The highest BCUT2D eigenvalue weighted by molar-refractivity contribution is 6.31. The van der Waals surface area contributed by atoms with Crippen molar-refractivity contribution >= 4 is 23.2 Å². The quantitative estimate of drug-likeness (QED) is 0.873. The molecule has 118 valence electrons. The highest BCUT2D eigenvalue weighted by atomic mass is 35.5. The predicted octanol–water partition coefficient (Wildman–Crippen LogP) is 4.19. The van der Waals surface area contributed by atoms with E-state index in [9.17, 15) is 8.78 Å². The molecule has 2 atom stereocenters. The van der Waals surface area contributed by atoms with Crippen LogP contribution in [0.5, 0.6) is 0 Å². The summed E-state index contributed by atoms with van der Waals surface area (Å²) in [6.07, 6.45) is 0. The average Bonchev–Trinajstić information content (AvgIpc) is 2.46. The molecular formula is C16H16Cl2F2N2. The van der Waals surface area contributed by atoms with E-state index in [1.807, 2.05) is 0 Å². The molecule has 0 amide bonds. The van der Waals surface area contributed by atoms with Crippen molar-refractivity contribution in [1.82, 2.24) is 0 Å². The molecule has 2 nitrogen and oxygen atoms in total.